The van der Waals surface area contributed by atoms with E-state index in [-0.39, 0.29) is 11.7 Å². The molecule has 0 fully saturated rings. The van der Waals surface area contributed by atoms with Gasteiger partial charge in [-0.15, -0.1) is 10.2 Å². The molecule has 1 heterocycles. The Kier molecular flexibility index (Phi) is 8.13. The standard InChI is InChI=1S/C23H15Cl4N5OS/c24-16-4-2-15(3-5-16)22-30-31-23(32(22)18-8-6-17(25)7-9-18)34-13-21(33)29-28-12-14-1-10-19(26)20(27)11-14/h1-12H,13H2,(H,29,33)/b28-12+. The number of nitrogens with zero attached hydrogens (tertiary/aromatic N) is 4. The summed E-state index contributed by atoms with van der Waals surface area (Å²) < 4.78 is 1.86. The molecule has 0 saturated carbocycles. The molecule has 1 N–H and O–H groups in total. The average Bonchev–Trinajstić information content (AvgIpc) is 3.25. The number of amides is 1. The number of aromatic nitrogens is 3. The van der Waals surface area contributed by atoms with E-state index in [1.165, 1.54) is 18.0 Å². The number of carbonyl (C=O) groups is 1. The molecule has 0 atom stereocenters. The molecule has 0 aliphatic heterocycles. The highest BCUT2D eigenvalue weighted by Crippen LogP contribution is 2.29. The van der Waals surface area contributed by atoms with Crippen LogP contribution in [0.2, 0.25) is 20.1 Å². The van der Waals surface area contributed by atoms with Crippen LogP contribution < -0.4 is 5.43 Å². The summed E-state index contributed by atoms with van der Waals surface area (Å²) in [6, 6.07) is 19.6. The molecule has 0 aliphatic carbocycles. The van der Waals surface area contributed by atoms with E-state index >= 15 is 0 Å². The van der Waals surface area contributed by atoms with Gasteiger partial charge in [0.25, 0.3) is 5.91 Å². The Morgan fingerprint density at radius 1 is 0.912 bits per heavy atom. The molecule has 0 spiro atoms. The van der Waals surface area contributed by atoms with Crippen molar-refractivity contribution in [3.05, 3.63) is 92.4 Å². The summed E-state index contributed by atoms with van der Waals surface area (Å²) in [7, 11) is 0. The molecule has 0 bridgehead atoms. The maximum atomic E-state index is 12.4. The normalized spacial score (nSPS) is 11.2. The topological polar surface area (TPSA) is 72.2 Å². The van der Waals surface area contributed by atoms with Gasteiger partial charge in [-0.25, -0.2) is 5.43 Å². The van der Waals surface area contributed by atoms with Crippen molar-refractivity contribution in [3.8, 4) is 17.1 Å². The van der Waals surface area contributed by atoms with Gasteiger partial charge >= 0.3 is 0 Å². The SMILES string of the molecule is O=C(CSc1nnc(-c2ccc(Cl)cc2)n1-c1ccc(Cl)cc1)N/N=C/c1ccc(Cl)c(Cl)c1. The van der Waals surface area contributed by atoms with Crippen molar-refractivity contribution in [1.29, 1.82) is 0 Å². The smallest absolute Gasteiger partial charge is 0.250 e. The summed E-state index contributed by atoms with van der Waals surface area (Å²) in [6.07, 6.45) is 1.49. The van der Waals surface area contributed by atoms with Gasteiger partial charge in [-0.1, -0.05) is 64.2 Å². The first-order chi connectivity index (χ1) is 16.4. The van der Waals surface area contributed by atoms with Gasteiger partial charge in [0.15, 0.2) is 11.0 Å². The van der Waals surface area contributed by atoms with Crippen LogP contribution in [0.5, 0.6) is 0 Å². The van der Waals surface area contributed by atoms with E-state index in [0.29, 0.717) is 36.6 Å². The molecule has 0 aliphatic rings. The van der Waals surface area contributed by atoms with E-state index in [9.17, 15) is 4.79 Å². The van der Waals surface area contributed by atoms with E-state index in [2.05, 4.69) is 20.7 Å². The maximum absolute atomic E-state index is 12.4. The lowest BCUT2D eigenvalue weighted by Gasteiger charge is -2.10. The summed E-state index contributed by atoms with van der Waals surface area (Å²) in [5, 5.41) is 15.2. The van der Waals surface area contributed by atoms with Crippen LogP contribution >= 0.6 is 58.2 Å². The second-order valence-electron chi connectivity index (χ2n) is 6.88. The third kappa shape index (κ3) is 6.11. The molecule has 1 aromatic heterocycles. The maximum Gasteiger partial charge on any atom is 0.250 e. The molecule has 6 nitrogen and oxygen atoms in total. The highest BCUT2D eigenvalue weighted by molar-refractivity contribution is 7.99. The molecule has 4 rings (SSSR count). The predicted molar refractivity (Wildman–Crippen MR) is 140 cm³/mol. The largest absolute Gasteiger partial charge is 0.272 e. The lowest BCUT2D eigenvalue weighted by Crippen LogP contribution is -2.20. The third-order valence-electron chi connectivity index (χ3n) is 4.50. The van der Waals surface area contributed by atoms with Crippen molar-refractivity contribution >= 4 is 70.3 Å². The lowest BCUT2D eigenvalue weighted by atomic mass is 10.2. The first-order valence-electron chi connectivity index (χ1n) is 9.78. The van der Waals surface area contributed by atoms with Crippen molar-refractivity contribution in [2.75, 3.05) is 5.75 Å². The van der Waals surface area contributed by atoms with Crippen molar-refractivity contribution in [2.45, 2.75) is 5.16 Å². The zero-order valence-electron chi connectivity index (χ0n) is 17.3. The number of hydrogen-bond acceptors (Lipinski definition) is 5. The molecule has 0 unspecified atom stereocenters. The number of halogens is 4. The highest BCUT2D eigenvalue weighted by atomic mass is 35.5. The Bertz CT molecular complexity index is 1340. The lowest BCUT2D eigenvalue weighted by molar-refractivity contribution is -0.118. The molecule has 1 amide bonds. The molecule has 4 aromatic rings. The van der Waals surface area contributed by atoms with Crippen molar-refractivity contribution in [2.24, 2.45) is 5.10 Å². The van der Waals surface area contributed by atoms with Gasteiger partial charge in [0.1, 0.15) is 0 Å². The molecule has 11 heteroatoms. The summed E-state index contributed by atoms with van der Waals surface area (Å²) in [6.45, 7) is 0. The van der Waals surface area contributed by atoms with Gasteiger partial charge in [0.2, 0.25) is 0 Å². The first-order valence-corrected chi connectivity index (χ1v) is 12.3. The van der Waals surface area contributed by atoms with E-state index < -0.39 is 0 Å². The van der Waals surface area contributed by atoms with Crippen molar-refractivity contribution in [1.82, 2.24) is 20.2 Å². The molecule has 0 saturated heterocycles. The summed E-state index contributed by atoms with van der Waals surface area (Å²) in [5.74, 6) is 0.380. The number of benzene rings is 3. The van der Waals surface area contributed by atoms with E-state index in [1.54, 1.807) is 42.5 Å². The van der Waals surface area contributed by atoms with Crippen LogP contribution in [0, 0.1) is 0 Å². The monoisotopic (exact) mass is 549 g/mol. The molecule has 34 heavy (non-hydrogen) atoms. The van der Waals surface area contributed by atoms with E-state index in [0.717, 1.165) is 11.3 Å². The highest BCUT2D eigenvalue weighted by Gasteiger charge is 2.17. The fourth-order valence-corrected chi connectivity index (χ4v) is 4.21. The minimum atomic E-state index is -0.306. The zero-order valence-corrected chi connectivity index (χ0v) is 21.1. The summed E-state index contributed by atoms with van der Waals surface area (Å²) in [4.78, 5) is 12.4. The quantitative estimate of drug-likeness (QED) is 0.156. The molecular formula is C23H15Cl4N5OS. The van der Waals surface area contributed by atoms with Crippen molar-refractivity contribution in [3.63, 3.8) is 0 Å². The van der Waals surface area contributed by atoms with Crippen LogP contribution in [0.15, 0.2) is 77.0 Å². The second-order valence-corrected chi connectivity index (χ2v) is 9.51. The van der Waals surface area contributed by atoms with E-state index in [1.807, 2.05) is 28.8 Å². The molecule has 172 valence electrons. The van der Waals surface area contributed by atoms with Gasteiger partial charge in [0.05, 0.1) is 22.0 Å². The number of carbonyl (C=O) groups excluding carboxylic acids is 1. The molecule has 3 aromatic carbocycles. The Morgan fingerprint density at radius 2 is 1.59 bits per heavy atom. The number of hydrazone groups is 1. The van der Waals surface area contributed by atoms with Crippen LogP contribution in [0.3, 0.4) is 0 Å². The average molecular weight is 551 g/mol. The third-order valence-corrected chi connectivity index (χ3v) is 6.67. The van der Waals surface area contributed by atoms with Gasteiger partial charge in [0, 0.05) is 21.3 Å². The van der Waals surface area contributed by atoms with E-state index in [4.69, 9.17) is 46.4 Å². The molecule has 0 radical (unpaired) electrons. The van der Waals surface area contributed by atoms with Gasteiger partial charge < -0.3 is 0 Å². The first kappa shape index (κ1) is 24.6. The second kappa shape index (κ2) is 11.3. The van der Waals surface area contributed by atoms with Crippen LogP contribution in [0.4, 0.5) is 0 Å². The van der Waals surface area contributed by atoms with Crippen LogP contribution in [-0.2, 0) is 4.79 Å². The minimum absolute atomic E-state index is 0.0745. The fourth-order valence-electron chi connectivity index (χ4n) is 2.91. The Morgan fingerprint density at radius 3 is 2.26 bits per heavy atom. The van der Waals surface area contributed by atoms with Gasteiger partial charge in [-0.2, -0.15) is 5.10 Å². The van der Waals surface area contributed by atoms with Gasteiger partial charge in [-0.05, 0) is 66.2 Å². The number of hydrogen-bond donors (Lipinski definition) is 1. The van der Waals surface area contributed by atoms with Crippen LogP contribution in [0.25, 0.3) is 17.1 Å². The Labute approximate surface area is 219 Å². The number of thioether (sulfide) groups is 1. The number of rotatable bonds is 7. The van der Waals surface area contributed by atoms with Crippen LogP contribution in [0.1, 0.15) is 5.56 Å². The molecular weight excluding hydrogens is 536 g/mol. The Hall–Kier alpha value is -2.55. The fraction of sp³-hybridized carbons (Fsp3) is 0.0435. The Balaban J connectivity index is 1.50. The predicted octanol–water partition coefficient (Wildman–Crippen LogP) is 6.79. The summed E-state index contributed by atoms with van der Waals surface area (Å²) >= 11 is 25.2. The number of nitrogens with one attached hydrogen (secondary N) is 1. The minimum Gasteiger partial charge on any atom is -0.272 e. The zero-order chi connectivity index (χ0) is 24.1. The summed E-state index contributed by atoms with van der Waals surface area (Å²) in [5.41, 5.74) is 4.83. The van der Waals surface area contributed by atoms with Crippen LogP contribution in [-0.4, -0.2) is 32.6 Å². The van der Waals surface area contributed by atoms with Gasteiger partial charge in [-0.3, -0.25) is 9.36 Å². The van der Waals surface area contributed by atoms with Crippen molar-refractivity contribution < 1.29 is 4.79 Å².